The Morgan fingerprint density at radius 1 is 1.05 bits per heavy atom. The number of aryl methyl sites for hydroxylation is 3. The van der Waals surface area contributed by atoms with Crippen LogP contribution in [0.2, 0.25) is 0 Å². The summed E-state index contributed by atoms with van der Waals surface area (Å²) in [6.45, 7) is 7.06. The summed E-state index contributed by atoms with van der Waals surface area (Å²) in [5, 5.41) is 16.9. The van der Waals surface area contributed by atoms with Crippen molar-refractivity contribution in [1.29, 1.82) is 0 Å². The minimum absolute atomic E-state index is 0.0106. The number of nitrogens with zero attached hydrogens (tertiary/aromatic N) is 8. The Balaban J connectivity index is 1.90. The molecule has 224 valence electrons. The molecule has 0 bridgehead atoms. The Bertz CT molecular complexity index is 1370. The van der Waals surface area contributed by atoms with Gasteiger partial charge in [0.1, 0.15) is 5.82 Å². The Labute approximate surface area is 231 Å². The number of amides is 1. The highest BCUT2D eigenvalue weighted by Crippen LogP contribution is 2.45. The predicted octanol–water partition coefficient (Wildman–Crippen LogP) is 5.67. The van der Waals surface area contributed by atoms with Crippen LogP contribution in [-0.2, 0) is 37.2 Å². The second-order valence-corrected chi connectivity index (χ2v) is 9.65. The molecule has 4 rings (SSSR count). The van der Waals surface area contributed by atoms with Crippen LogP contribution < -0.4 is 9.80 Å². The molecule has 0 spiro atoms. The van der Waals surface area contributed by atoms with Gasteiger partial charge in [-0.15, -0.1) is 5.10 Å². The number of hydrogen-bond acceptors (Lipinski definition) is 7. The summed E-state index contributed by atoms with van der Waals surface area (Å²) < 4.78 is 88.7. The molecule has 0 fully saturated rings. The first-order valence-electron chi connectivity index (χ1n) is 13.0. The van der Waals surface area contributed by atoms with Crippen LogP contribution in [0.1, 0.15) is 67.6 Å². The van der Waals surface area contributed by atoms with E-state index in [9.17, 15) is 31.1 Å². The van der Waals surface area contributed by atoms with Crippen LogP contribution in [0.4, 0.5) is 42.9 Å². The molecule has 0 N–H and O–H groups in total. The molecule has 0 radical (unpaired) electrons. The number of carbonyl (C=O) groups is 1. The third-order valence-electron chi connectivity index (χ3n) is 6.95. The number of tetrazole rings is 1. The zero-order valence-corrected chi connectivity index (χ0v) is 23.1. The van der Waals surface area contributed by atoms with Crippen LogP contribution in [0.25, 0.3) is 0 Å². The number of anilines is 2. The highest BCUT2D eigenvalue weighted by Gasteiger charge is 2.44. The normalized spacial score (nSPS) is 17.5. The summed E-state index contributed by atoms with van der Waals surface area (Å²) in [4.78, 5) is 17.3. The summed E-state index contributed by atoms with van der Waals surface area (Å²) in [5.41, 5.74) is -2.02. The highest BCUT2D eigenvalue weighted by atomic mass is 19.4. The lowest BCUT2D eigenvalue weighted by atomic mass is 9.90. The van der Waals surface area contributed by atoms with Gasteiger partial charge in [0.05, 0.1) is 36.0 Å². The number of halogens is 6. The maximum Gasteiger partial charge on any atom is 0.416 e. The second kappa shape index (κ2) is 11.2. The topological polar surface area (TPSA) is 94.2 Å². The highest BCUT2D eigenvalue weighted by molar-refractivity contribution is 5.89. The fourth-order valence-electron chi connectivity index (χ4n) is 5.16. The van der Waals surface area contributed by atoms with E-state index in [0.29, 0.717) is 42.2 Å². The third kappa shape index (κ3) is 5.95. The van der Waals surface area contributed by atoms with Crippen LogP contribution in [0.5, 0.6) is 0 Å². The van der Waals surface area contributed by atoms with Crippen LogP contribution in [0.3, 0.4) is 0 Å². The van der Waals surface area contributed by atoms with Gasteiger partial charge in [-0.25, -0.2) is 4.79 Å². The van der Waals surface area contributed by atoms with Crippen molar-refractivity contribution in [2.45, 2.75) is 78.1 Å². The first-order chi connectivity index (χ1) is 19.2. The summed E-state index contributed by atoms with van der Waals surface area (Å²) in [6, 6.07) is 0.363. The minimum atomic E-state index is -5.00. The summed E-state index contributed by atoms with van der Waals surface area (Å²) in [7, 11) is 1.64. The lowest BCUT2D eigenvalue weighted by Crippen LogP contribution is -2.48. The van der Waals surface area contributed by atoms with Gasteiger partial charge in [-0.05, 0) is 62.6 Å². The van der Waals surface area contributed by atoms with Gasteiger partial charge in [0, 0.05) is 25.2 Å². The van der Waals surface area contributed by atoms with E-state index < -0.39 is 48.2 Å². The van der Waals surface area contributed by atoms with E-state index in [-0.39, 0.29) is 30.6 Å². The number of alkyl halides is 6. The van der Waals surface area contributed by atoms with Crippen molar-refractivity contribution >= 4 is 17.9 Å². The van der Waals surface area contributed by atoms with Crippen molar-refractivity contribution in [2.75, 3.05) is 16.4 Å². The number of benzene rings is 1. The van der Waals surface area contributed by atoms with E-state index in [0.717, 1.165) is 0 Å². The van der Waals surface area contributed by atoms with Crippen molar-refractivity contribution in [1.82, 2.24) is 30.0 Å². The Morgan fingerprint density at radius 2 is 1.68 bits per heavy atom. The van der Waals surface area contributed by atoms with Gasteiger partial charge in [-0.1, -0.05) is 12.0 Å². The molecule has 0 saturated heterocycles. The van der Waals surface area contributed by atoms with Crippen molar-refractivity contribution in [3.05, 3.63) is 46.1 Å². The Morgan fingerprint density at radius 3 is 2.20 bits per heavy atom. The molecular formula is C25H30F6N8O2. The zero-order chi connectivity index (χ0) is 30.3. The van der Waals surface area contributed by atoms with Gasteiger partial charge in [0.25, 0.3) is 5.95 Å². The maximum absolute atomic E-state index is 13.7. The van der Waals surface area contributed by atoms with Gasteiger partial charge in [0.2, 0.25) is 0 Å². The van der Waals surface area contributed by atoms with E-state index in [4.69, 9.17) is 4.74 Å². The average molecular weight is 589 g/mol. The van der Waals surface area contributed by atoms with Gasteiger partial charge < -0.3 is 9.64 Å². The summed E-state index contributed by atoms with van der Waals surface area (Å²) in [6.07, 6.45) is -9.87. The average Bonchev–Trinajstić information content (AvgIpc) is 3.49. The van der Waals surface area contributed by atoms with Crippen LogP contribution >= 0.6 is 0 Å². The van der Waals surface area contributed by atoms with E-state index in [1.807, 2.05) is 6.92 Å². The molecule has 1 aliphatic rings. The number of ether oxygens (including phenoxy) is 1. The number of hydrogen-bond donors (Lipinski definition) is 0. The minimum Gasteiger partial charge on any atom is -0.449 e. The standard InChI is InChI=1S/C25H30F6N8O2/c1-6-18-12-19(20-14(4)33-36(5)21(20)39(18)23(40)41-8-3)37(22-32-35-38(7-2)34-22)13-15-9-16(24(26,27)28)11-17(10-15)25(29,30)31/h9-11,18-19H,6-8,12-13H2,1-5H3. The maximum atomic E-state index is 13.7. The molecule has 1 aromatic carbocycles. The van der Waals surface area contributed by atoms with Crippen LogP contribution in [0, 0.1) is 6.92 Å². The van der Waals surface area contributed by atoms with E-state index in [2.05, 4.69) is 20.5 Å². The van der Waals surface area contributed by atoms with E-state index in [1.54, 1.807) is 27.8 Å². The lowest BCUT2D eigenvalue weighted by molar-refractivity contribution is -0.143. The van der Waals surface area contributed by atoms with Gasteiger partial charge in [-0.3, -0.25) is 9.58 Å². The molecule has 3 aromatic rings. The van der Waals surface area contributed by atoms with Crippen molar-refractivity contribution in [2.24, 2.45) is 7.05 Å². The number of aromatic nitrogens is 6. The molecular weight excluding hydrogens is 558 g/mol. The molecule has 2 atom stereocenters. The molecule has 16 heteroatoms. The second-order valence-electron chi connectivity index (χ2n) is 9.65. The molecule has 0 saturated carbocycles. The van der Waals surface area contributed by atoms with E-state index in [1.165, 1.54) is 19.3 Å². The molecule has 2 aromatic heterocycles. The van der Waals surface area contributed by atoms with Gasteiger partial charge in [-0.2, -0.15) is 36.2 Å². The first kappa shape index (κ1) is 30.1. The van der Waals surface area contributed by atoms with Crippen LogP contribution in [0.15, 0.2) is 18.2 Å². The Kier molecular flexibility index (Phi) is 8.23. The molecule has 1 aliphatic heterocycles. The number of fused-ring (bicyclic) bond motifs is 1. The Hall–Kier alpha value is -3.85. The van der Waals surface area contributed by atoms with Crippen LogP contribution in [-0.4, -0.2) is 48.7 Å². The zero-order valence-electron chi connectivity index (χ0n) is 23.1. The first-order valence-corrected chi connectivity index (χ1v) is 13.0. The molecule has 2 unspecified atom stereocenters. The van der Waals surface area contributed by atoms with E-state index >= 15 is 0 Å². The quantitative estimate of drug-likeness (QED) is 0.329. The van der Waals surface area contributed by atoms with Gasteiger partial charge >= 0.3 is 18.4 Å². The molecule has 41 heavy (non-hydrogen) atoms. The summed E-state index contributed by atoms with van der Waals surface area (Å²) >= 11 is 0. The monoisotopic (exact) mass is 588 g/mol. The third-order valence-corrected chi connectivity index (χ3v) is 6.95. The van der Waals surface area contributed by atoms with Crippen molar-refractivity contribution < 1.29 is 35.9 Å². The largest absolute Gasteiger partial charge is 0.449 e. The molecule has 3 heterocycles. The molecule has 0 aliphatic carbocycles. The van der Waals surface area contributed by atoms with Crippen molar-refractivity contribution in [3.63, 3.8) is 0 Å². The fourth-order valence-corrected chi connectivity index (χ4v) is 5.16. The van der Waals surface area contributed by atoms with Gasteiger partial charge in [0.15, 0.2) is 0 Å². The molecule has 10 nitrogen and oxygen atoms in total. The smallest absolute Gasteiger partial charge is 0.416 e. The SMILES string of the molecule is CCOC(=O)N1c2c(c(C)nn2C)C(N(Cc2cc(C(F)(F)F)cc(C(F)(F)F)c2)c2nnn(CC)n2)CC1CC. The number of carbonyl (C=O) groups excluding carboxylic acids is 1. The predicted molar refractivity (Wildman–Crippen MR) is 135 cm³/mol. The number of rotatable bonds is 7. The fraction of sp³-hybridized carbons (Fsp3) is 0.560. The summed E-state index contributed by atoms with van der Waals surface area (Å²) in [5.74, 6) is 0.424. The molecule has 1 amide bonds. The van der Waals surface area contributed by atoms with Crippen molar-refractivity contribution in [3.8, 4) is 0 Å². The lowest BCUT2D eigenvalue weighted by Gasteiger charge is -2.42.